The van der Waals surface area contributed by atoms with E-state index in [0.29, 0.717) is 0 Å². The average molecular weight is 303 g/mol. The molecule has 2 aromatic carbocycles. The van der Waals surface area contributed by atoms with Gasteiger partial charge in [-0.15, -0.1) is 11.8 Å². The number of benzene rings is 2. The van der Waals surface area contributed by atoms with Gasteiger partial charge in [-0.25, -0.2) is 4.39 Å². The van der Waals surface area contributed by atoms with Gasteiger partial charge in [-0.1, -0.05) is 36.8 Å². The third kappa shape index (κ3) is 5.52. The largest absolute Gasteiger partial charge is 0.313 e. The van der Waals surface area contributed by atoms with E-state index in [4.69, 9.17) is 0 Å². The lowest BCUT2D eigenvalue weighted by atomic mass is 10.2. The maximum absolute atomic E-state index is 13.7. The van der Waals surface area contributed by atoms with Gasteiger partial charge >= 0.3 is 0 Å². The van der Waals surface area contributed by atoms with Gasteiger partial charge < -0.3 is 5.32 Å². The number of hydrogen-bond donors (Lipinski definition) is 1. The molecule has 1 nitrogen and oxygen atoms in total. The van der Waals surface area contributed by atoms with Crippen LogP contribution in [0.15, 0.2) is 47.4 Å². The lowest BCUT2D eigenvalue weighted by Gasteiger charge is -2.08. The zero-order valence-corrected chi connectivity index (χ0v) is 13.5. The zero-order valence-electron chi connectivity index (χ0n) is 12.7. The summed E-state index contributed by atoms with van der Waals surface area (Å²) < 4.78 is 13.7. The van der Waals surface area contributed by atoms with Gasteiger partial charge in [-0.05, 0) is 49.2 Å². The van der Waals surface area contributed by atoms with Crippen LogP contribution in [0.5, 0.6) is 0 Å². The summed E-state index contributed by atoms with van der Waals surface area (Å²) in [6, 6.07) is 13.7. The van der Waals surface area contributed by atoms with Crippen molar-refractivity contribution in [3.05, 3.63) is 65.0 Å². The molecule has 0 amide bonds. The maximum Gasteiger partial charge on any atom is 0.124 e. The molecule has 21 heavy (non-hydrogen) atoms. The van der Waals surface area contributed by atoms with Gasteiger partial charge in [0.15, 0.2) is 0 Å². The van der Waals surface area contributed by atoms with Gasteiger partial charge in [-0.3, -0.25) is 0 Å². The summed E-state index contributed by atoms with van der Waals surface area (Å²) in [7, 11) is 0. The number of thioether (sulfide) groups is 1. The highest BCUT2D eigenvalue weighted by atomic mass is 32.2. The molecule has 2 aromatic rings. The van der Waals surface area contributed by atoms with Crippen LogP contribution in [0.25, 0.3) is 0 Å². The van der Waals surface area contributed by atoms with Crippen LogP contribution in [0.2, 0.25) is 0 Å². The molecule has 0 aromatic heterocycles. The molecule has 0 unspecified atom stereocenters. The number of hydrogen-bond acceptors (Lipinski definition) is 2. The van der Waals surface area contributed by atoms with Crippen molar-refractivity contribution in [2.24, 2.45) is 0 Å². The Morgan fingerprint density at radius 1 is 1.10 bits per heavy atom. The maximum atomic E-state index is 13.7. The first-order valence-corrected chi connectivity index (χ1v) is 8.34. The molecule has 2 rings (SSSR count). The van der Waals surface area contributed by atoms with Crippen molar-refractivity contribution >= 4 is 11.8 Å². The van der Waals surface area contributed by atoms with Crippen LogP contribution in [0.4, 0.5) is 4.39 Å². The van der Waals surface area contributed by atoms with Gasteiger partial charge in [0.1, 0.15) is 5.82 Å². The SMILES string of the molecule is CCCNCc1cc(F)cc(SCc2cccc(C)c2)c1. The molecule has 3 heteroatoms. The lowest BCUT2D eigenvalue weighted by molar-refractivity contribution is 0.615. The average Bonchev–Trinajstić information content (AvgIpc) is 2.45. The summed E-state index contributed by atoms with van der Waals surface area (Å²) >= 11 is 1.68. The highest BCUT2D eigenvalue weighted by Gasteiger charge is 2.03. The van der Waals surface area contributed by atoms with Crippen molar-refractivity contribution in [2.45, 2.75) is 37.5 Å². The van der Waals surface area contributed by atoms with Crippen LogP contribution in [-0.2, 0) is 12.3 Å². The molecule has 0 aliphatic rings. The van der Waals surface area contributed by atoms with E-state index in [2.05, 4.69) is 49.5 Å². The van der Waals surface area contributed by atoms with Gasteiger partial charge in [0.2, 0.25) is 0 Å². The van der Waals surface area contributed by atoms with Crippen molar-refractivity contribution in [1.82, 2.24) is 5.32 Å². The first-order chi connectivity index (χ1) is 10.2. The van der Waals surface area contributed by atoms with E-state index in [-0.39, 0.29) is 5.82 Å². The van der Waals surface area contributed by atoms with E-state index in [9.17, 15) is 4.39 Å². The van der Waals surface area contributed by atoms with Crippen LogP contribution in [-0.4, -0.2) is 6.54 Å². The van der Waals surface area contributed by atoms with Crippen LogP contribution in [0, 0.1) is 12.7 Å². The number of halogens is 1. The Kier molecular flexibility index (Phi) is 6.27. The first-order valence-electron chi connectivity index (χ1n) is 7.36. The van der Waals surface area contributed by atoms with Gasteiger partial charge in [0.25, 0.3) is 0 Å². The Bertz CT molecular complexity index is 583. The van der Waals surface area contributed by atoms with Crippen molar-refractivity contribution in [2.75, 3.05) is 6.54 Å². The molecule has 0 radical (unpaired) electrons. The van der Waals surface area contributed by atoms with Crippen LogP contribution in [0.1, 0.15) is 30.0 Å². The Balaban J connectivity index is 1.99. The van der Waals surface area contributed by atoms with Gasteiger partial charge in [0, 0.05) is 17.2 Å². The Morgan fingerprint density at radius 2 is 1.95 bits per heavy atom. The van der Waals surface area contributed by atoms with Crippen molar-refractivity contribution in [3.63, 3.8) is 0 Å². The Labute approximate surface area is 131 Å². The predicted molar refractivity (Wildman–Crippen MR) is 89.1 cm³/mol. The second-order valence-electron chi connectivity index (χ2n) is 5.25. The topological polar surface area (TPSA) is 12.0 Å². The molecule has 0 aliphatic carbocycles. The highest BCUT2D eigenvalue weighted by molar-refractivity contribution is 7.98. The van der Waals surface area contributed by atoms with E-state index < -0.39 is 0 Å². The Morgan fingerprint density at radius 3 is 2.71 bits per heavy atom. The van der Waals surface area contributed by atoms with E-state index in [1.807, 2.05) is 0 Å². The minimum Gasteiger partial charge on any atom is -0.313 e. The van der Waals surface area contributed by atoms with E-state index in [1.54, 1.807) is 23.9 Å². The fraction of sp³-hybridized carbons (Fsp3) is 0.333. The van der Waals surface area contributed by atoms with E-state index >= 15 is 0 Å². The smallest absolute Gasteiger partial charge is 0.124 e. The number of rotatable bonds is 7. The summed E-state index contributed by atoms with van der Waals surface area (Å²) in [5, 5.41) is 3.31. The predicted octanol–water partition coefficient (Wildman–Crippen LogP) is 4.93. The zero-order chi connectivity index (χ0) is 15.1. The quantitative estimate of drug-likeness (QED) is 0.575. The molecule has 0 atom stereocenters. The molecular weight excluding hydrogens is 281 g/mol. The second kappa shape index (κ2) is 8.20. The van der Waals surface area contributed by atoms with Crippen LogP contribution in [0.3, 0.4) is 0 Å². The van der Waals surface area contributed by atoms with Crippen molar-refractivity contribution in [1.29, 1.82) is 0 Å². The highest BCUT2D eigenvalue weighted by Crippen LogP contribution is 2.25. The van der Waals surface area contributed by atoms with Gasteiger partial charge in [-0.2, -0.15) is 0 Å². The molecule has 0 bridgehead atoms. The summed E-state index contributed by atoms with van der Waals surface area (Å²) in [5.41, 5.74) is 3.54. The van der Waals surface area contributed by atoms with Crippen molar-refractivity contribution < 1.29 is 4.39 Å². The number of aryl methyl sites for hydroxylation is 1. The molecule has 0 aliphatic heterocycles. The molecule has 1 N–H and O–H groups in total. The molecule has 0 fully saturated rings. The summed E-state index contributed by atoms with van der Waals surface area (Å²) in [6.45, 7) is 5.90. The monoisotopic (exact) mass is 303 g/mol. The fourth-order valence-electron chi connectivity index (χ4n) is 2.18. The van der Waals surface area contributed by atoms with Crippen molar-refractivity contribution in [3.8, 4) is 0 Å². The Hall–Kier alpha value is -1.32. The van der Waals surface area contributed by atoms with E-state index in [1.165, 1.54) is 11.1 Å². The van der Waals surface area contributed by atoms with Crippen LogP contribution >= 0.6 is 11.8 Å². The molecule has 0 heterocycles. The molecule has 0 saturated heterocycles. The van der Waals surface area contributed by atoms with Gasteiger partial charge in [0.05, 0.1) is 0 Å². The number of nitrogens with one attached hydrogen (secondary N) is 1. The molecule has 0 spiro atoms. The normalized spacial score (nSPS) is 10.8. The first kappa shape index (κ1) is 16.1. The third-order valence-corrected chi connectivity index (χ3v) is 4.22. The minimum absolute atomic E-state index is 0.155. The summed E-state index contributed by atoms with van der Waals surface area (Å²) in [6.07, 6.45) is 1.09. The van der Waals surface area contributed by atoms with Crippen LogP contribution < -0.4 is 5.32 Å². The third-order valence-electron chi connectivity index (χ3n) is 3.17. The summed E-state index contributed by atoms with van der Waals surface area (Å²) in [5.74, 6) is 0.713. The molecule has 0 saturated carbocycles. The molecule has 112 valence electrons. The standard InChI is InChI=1S/C18H22FNS/c1-3-7-20-12-16-9-17(19)11-18(10-16)21-13-15-6-4-5-14(2)8-15/h4-6,8-11,20H,3,7,12-13H2,1-2H3. The fourth-order valence-corrected chi connectivity index (χ4v) is 3.13. The molecular formula is C18H22FNS. The summed E-state index contributed by atoms with van der Waals surface area (Å²) in [4.78, 5) is 0.991. The minimum atomic E-state index is -0.155. The van der Waals surface area contributed by atoms with E-state index in [0.717, 1.165) is 35.7 Å². The lowest BCUT2D eigenvalue weighted by Crippen LogP contribution is -2.13. The second-order valence-corrected chi connectivity index (χ2v) is 6.30.